The fourth-order valence-corrected chi connectivity index (χ4v) is 0.785. The van der Waals surface area contributed by atoms with E-state index in [-0.39, 0.29) is 12.4 Å². The van der Waals surface area contributed by atoms with E-state index in [1.807, 2.05) is 0 Å². The largest absolute Gasteiger partial charge is 0.388 e. The highest BCUT2D eigenvalue weighted by Gasteiger charge is 2.03. The van der Waals surface area contributed by atoms with Crippen LogP contribution in [0.1, 0.15) is 5.69 Å². The maximum Gasteiger partial charge on any atom is 0.288 e. The highest BCUT2D eigenvalue weighted by molar-refractivity contribution is 6.32. The lowest BCUT2D eigenvalue weighted by molar-refractivity contribution is 0.277. The van der Waals surface area contributed by atoms with Gasteiger partial charge >= 0.3 is 0 Å². The Morgan fingerprint density at radius 1 is 1.64 bits per heavy atom. The van der Waals surface area contributed by atoms with Crippen molar-refractivity contribution in [2.45, 2.75) is 6.61 Å². The quantitative estimate of drug-likeness (QED) is 0.649. The normalized spacial score (nSPS) is 9.18. The molecule has 4 heteroatoms. The highest BCUT2D eigenvalue weighted by Crippen LogP contribution is 2.21. The minimum absolute atomic E-state index is 0.137. The van der Waals surface area contributed by atoms with Gasteiger partial charge in [0.2, 0.25) is 0 Å². The highest BCUT2D eigenvalue weighted by atomic mass is 35.5. The summed E-state index contributed by atoms with van der Waals surface area (Å²) in [6.45, 7) is 6.49. The van der Waals surface area contributed by atoms with Crippen molar-refractivity contribution < 1.29 is 5.11 Å². The van der Waals surface area contributed by atoms with Gasteiger partial charge in [-0.1, -0.05) is 18.2 Å². The van der Waals surface area contributed by atoms with Gasteiger partial charge in [0, 0.05) is 0 Å². The molecule has 0 atom stereocenters. The van der Waals surface area contributed by atoms with Crippen molar-refractivity contribution in [1.82, 2.24) is 4.98 Å². The topological polar surface area (TPSA) is 37.5 Å². The molecule has 0 aliphatic rings. The average Bonchev–Trinajstić information content (AvgIpc) is 2.05. The molecule has 0 saturated heterocycles. The fraction of sp³-hybridized carbons (Fsp3) is 0.143. The number of hydrogen-bond acceptors (Lipinski definition) is 2. The molecule has 1 N–H and O–H groups in total. The van der Waals surface area contributed by atoms with E-state index in [0.717, 1.165) is 0 Å². The first kappa shape index (κ1) is 7.99. The first-order valence-corrected chi connectivity index (χ1v) is 3.29. The summed E-state index contributed by atoms with van der Waals surface area (Å²) >= 11 is 5.60. The van der Waals surface area contributed by atoms with Crippen LogP contribution in [0.15, 0.2) is 12.1 Å². The maximum atomic E-state index is 8.64. The molecule has 0 amide bonds. The number of aliphatic hydroxyl groups excluding tert-OH is 1. The van der Waals surface area contributed by atoms with E-state index in [4.69, 9.17) is 23.3 Å². The summed E-state index contributed by atoms with van der Waals surface area (Å²) in [7, 11) is 0. The molecular weight excluding hydrogens is 164 g/mol. The van der Waals surface area contributed by atoms with Crippen molar-refractivity contribution in [2.24, 2.45) is 0 Å². The Morgan fingerprint density at radius 2 is 2.36 bits per heavy atom. The van der Waals surface area contributed by atoms with Crippen molar-refractivity contribution in [1.29, 1.82) is 0 Å². The number of halogens is 1. The molecule has 0 bridgehead atoms. The standard InChI is InChI=1S/C7H5ClN2O/c1-9-7-6(8)3-2-5(4-11)10-7/h2-3,11H,4H2. The molecule has 0 aliphatic heterocycles. The number of pyridine rings is 1. The Hall–Kier alpha value is -1.11. The average molecular weight is 169 g/mol. The van der Waals surface area contributed by atoms with Gasteiger partial charge in [0.05, 0.1) is 5.02 Å². The van der Waals surface area contributed by atoms with E-state index in [2.05, 4.69) is 9.83 Å². The van der Waals surface area contributed by atoms with E-state index in [1.54, 1.807) is 12.1 Å². The number of rotatable bonds is 1. The number of aliphatic hydroxyl groups is 1. The third kappa shape index (κ3) is 1.67. The lowest BCUT2D eigenvalue weighted by Gasteiger charge is -1.93. The lowest BCUT2D eigenvalue weighted by atomic mass is 10.3. The van der Waals surface area contributed by atoms with Crippen LogP contribution < -0.4 is 0 Å². The SMILES string of the molecule is [C-]#[N+]c1nc(CO)ccc1Cl. The van der Waals surface area contributed by atoms with Crippen LogP contribution in [0.5, 0.6) is 0 Å². The summed E-state index contributed by atoms with van der Waals surface area (Å²) in [5, 5.41) is 8.96. The summed E-state index contributed by atoms with van der Waals surface area (Å²) in [5.41, 5.74) is 0.459. The van der Waals surface area contributed by atoms with Gasteiger partial charge in [-0.15, -0.1) is 4.98 Å². The van der Waals surface area contributed by atoms with Gasteiger partial charge in [-0.2, -0.15) is 0 Å². The number of nitrogens with zero attached hydrogens (tertiary/aromatic N) is 2. The van der Waals surface area contributed by atoms with Gasteiger partial charge in [-0.05, 0) is 12.1 Å². The van der Waals surface area contributed by atoms with Crippen LogP contribution in [0.4, 0.5) is 5.82 Å². The van der Waals surface area contributed by atoms with E-state index in [0.29, 0.717) is 10.7 Å². The number of aromatic nitrogens is 1. The first-order chi connectivity index (χ1) is 5.27. The Morgan fingerprint density at radius 3 is 2.91 bits per heavy atom. The fourth-order valence-electron chi connectivity index (χ4n) is 0.637. The Bertz CT molecular complexity index is 306. The molecule has 0 spiro atoms. The van der Waals surface area contributed by atoms with Crippen LogP contribution in [-0.2, 0) is 6.61 Å². The Balaban J connectivity index is 3.15. The summed E-state index contributed by atoms with van der Waals surface area (Å²) in [6.07, 6.45) is 0. The Labute approximate surface area is 69.1 Å². The molecule has 1 aromatic heterocycles. The van der Waals surface area contributed by atoms with Crippen LogP contribution in [0.25, 0.3) is 4.85 Å². The van der Waals surface area contributed by atoms with Crippen molar-refractivity contribution in [3.63, 3.8) is 0 Å². The van der Waals surface area contributed by atoms with Gasteiger partial charge in [0.1, 0.15) is 6.61 Å². The van der Waals surface area contributed by atoms with Crippen LogP contribution in [0.2, 0.25) is 5.02 Å². The molecule has 11 heavy (non-hydrogen) atoms. The molecule has 0 radical (unpaired) electrons. The lowest BCUT2D eigenvalue weighted by Crippen LogP contribution is -1.87. The molecular formula is C7H5ClN2O. The first-order valence-electron chi connectivity index (χ1n) is 2.91. The van der Waals surface area contributed by atoms with Crippen LogP contribution in [0.3, 0.4) is 0 Å². The van der Waals surface area contributed by atoms with E-state index in [1.165, 1.54) is 0 Å². The minimum Gasteiger partial charge on any atom is -0.388 e. The second kappa shape index (κ2) is 3.33. The summed E-state index contributed by atoms with van der Waals surface area (Å²) < 4.78 is 0. The van der Waals surface area contributed by atoms with Gasteiger partial charge in [0.15, 0.2) is 5.69 Å². The van der Waals surface area contributed by atoms with Gasteiger partial charge in [0.25, 0.3) is 5.82 Å². The summed E-state index contributed by atoms with van der Waals surface area (Å²) in [5.74, 6) is 0.137. The molecule has 0 unspecified atom stereocenters. The monoisotopic (exact) mass is 168 g/mol. The van der Waals surface area contributed by atoms with Gasteiger partial charge in [-0.3, -0.25) is 0 Å². The second-order valence-electron chi connectivity index (χ2n) is 1.88. The molecule has 1 aromatic rings. The molecule has 0 saturated carbocycles. The predicted octanol–water partition coefficient (Wildman–Crippen LogP) is 1.78. The van der Waals surface area contributed by atoms with E-state index < -0.39 is 0 Å². The van der Waals surface area contributed by atoms with Crippen LogP contribution in [-0.4, -0.2) is 10.1 Å². The van der Waals surface area contributed by atoms with Crippen molar-refractivity contribution in [2.75, 3.05) is 0 Å². The molecule has 0 fully saturated rings. The van der Waals surface area contributed by atoms with Crippen molar-refractivity contribution >= 4 is 17.4 Å². The van der Waals surface area contributed by atoms with E-state index in [9.17, 15) is 0 Å². The minimum atomic E-state index is -0.167. The summed E-state index contributed by atoms with van der Waals surface area (Å²) in [6, 6.07) is 3.13. The predicted molar refractivity (Wildman–Crippen MR) is 41.4 cm³/mol. The molecule has 1 heterocycles. The zero-order valence-corrected chi connectivity index (χ0v) is 6.34. The molecule has 1 rings (SSSR count). The molecule has 0 aromatic carbocycles. The van der Waals surface area contributed by atoms with Gasteiger partial charge < -0.3 is 9.95 Å². The summed E-state index contributed by atoms with van der Waals surface area (Å²) in [4.78, 5) is 6.85. The molecule has 3 nitrogen and oxygen atoms in total. The number of hydrogen-bond donors (Lipinski definition) is 1. The Kier molecular flexibility index (Phi) is 2.42. The van der Waals surface area contributed by atoms with Crippen LogP contribution in [0, 0.1) is 6.57 Å². The smallest absolute Gasteiger partial charge is 0.288 e. The molecule has 56 valence electrons. The molecule has 0 aliphatic carbocycles. The van der Waals surface area contributed by atoms with Crippen molar-refractivity contribution in [3.05, 3.63) is 34.3 Å². The second-order valence-corrected chi connectivity index (χ2v) is 2.29. The van der Waals surface area contributed by atoms with Crippen molar-refractivity contribution in [3.8, 4) is 0 Å². The zero-order chi connectivity index (χ0) is 8.27. The van der Waals surface area contributed by atoms with E-state index >= 15 is 0 Å². The van der Waals surface area contributed by atoms with Crippen LogP contribution >= 0.6 is 11.6 Å². The zero-order valence-electron chi connectivity index (χ0n) is 5.58. The third-order valence-electron chi connectivity index (χ3n) is 1.15. The third-order valence-corrected chi connectivity index (χ3v) is 1.45. The van der Waals surface area contributed by atoms with Gasteiger partial charge in [-0.25, -0.2) is 0 Å². The maximum absolute atomic E-state index is 8.64.